The van der Waals surface area contributed by atoms with Crippen LogP contribution in [0.5, 0.6) is 0 Å². The molecule has 2 aromatic heterocycles. The number of nitrogens with one attached hydrogen (secondary N) is 2. The van der Waals surface area contributed by atoms with Gasteiger partial charge in [-0.2, -0.15) is 17.0 Å². The summed E-state index contributed by atoms with van der Waals surface area (Å²) < 4.78 is 0. The third-order valence-electron chi connectivity index (χ3n) is 6.10. The van der Waals surface area contributed by atoms with Crippen molar-refractivity contribution in [2.75, 3.05) is 22.1 Å². The topological polar surface area (TPSA) is 146 Å². The number of nitriles is 1. The summed E-state index contributed by atoms with van der Waals surface area (Å²) >= 11 is 4.53. The van der Waals surface area contributed by atoms with Crippen LogP contribution in [0, 0.1) is 17.2 Å². The van der Waals surface area contributed by atoms with E-state index in [1.54, 1.807) is 17.8 Å². The maximum absolute atomic E-state index is 12.4. The summed E-state index contributed by atoms with van der Waals surface area (Å²) in [6.07, 6.45) is 6.55. The van der Waals surface area contributed by atoms with Crippen molar-refractivity contribution in [3.8, 4) is 6.07 Å². The summed E-state index contributed by atoms with van der Waals surface area (Å²) in [5, 5.41) is 34.1. The molecule has 1 aliphatic carbocycles. The van der Waals surface area contributed by atoms with Crippen molar-refractivity contribution in [1.82, 2.24) is 20.4 Å². The lowest BCUT2D eigenvalue weighted by Crippen LogP contribution is -2.14. The number of hydrogen-bond donors (Lipinski definition) is 2. The molecule has 1 atom stereocenters. The Labute approximate surface area is 251 Å². The van der Waals surface area contributed by atoms with Gasteiger partial charge in [0.05, 0.1) is 25.5 Å². The first-order valence-electron chi connectivity index (χ1n) is 13.0. The minimum Gasteiger partial charge on any atom is -0.300 e. The van der Waals surface area contributed by atoms with Gasteiger partial charge in [-0.1, -0.05) is 59.9 Å². The number of aryl methyl sites for hydroxylation is 2. The standard InChI is InChI=1S/C28H30N8O2S3/c1-18-6-7-20(13-22(18)16-29)15-24(38)32-28-36-34-26(41-28)9-11-39-10-8-25-33-35-27(40-25)31-23(37)14-19-4-3-5-21(12-19)17-30-2/h3-5,7,12-13,18H,2,6,8-11,14-15,17H2,1H3,(H,31,35,37)(H,32,36,38). The van der Waals surface area contributed by atoms with Gasteiger partial charge in [0.2, 0.25) is 22.1 Å². The van der Waals surface area contributed by atoms with E-state index < -0.39 is 0 Å². The molecular formula is C28H30N8O2S3. The number of aromatic nitrogens is 4. The lowest BCUT2D eigenvalue weighted by atomic mass is 9.89. The number of nitrogens with zero attached hydrogens (tertiary/aromatic N) is 6. The van der Waals surface area contributed by atoms with E-state index in [-0.39, 0.29) is 30.6 Å². The zero-order valence-electron chi connectivity index (χ0n) is 22.6. The Morgan fingerprint density at radius 3 is 2.32 bits per heavy atom. The van der Waals surface area contributed by atoms with E-state index in [9.17, 15) is 14.9 Å². The normalized spacial score (nSPS) is 14.5. The molecule has 41 heavy (non-hydrogen) atoms. The van der Waals surface area contributed by atoms with Crippen molar-refractivity contribution in [3.05, 3.63) is 68.7 Å². The molecule has 0 spiro atoms. The van der Waals surface area contributed by atoms with Crippen LogP contribution < -0.4 is 10.6 Å². The van der Waals surface area contributed by atoms with Crippen LogP contribution >= 0.6 is 34.4 Å². The number of hydrogen-bond acceptors (Lipinski definition) is 11. The third kappa shape index (κ3) is 9.70. The number of thioether (sulfide) groups is 1. The predicted octanol–water partition coefficient (Wildman–Crippen LogP) is 5.03. The Bertz CT molecular complexity index is 1490. The molecular weight excluding hydrogens is 577 g/mol. The van der Waals surface area contributed by atoms with E-state index in [1.807, 2.05) is 37.3 Å². The lowest BCUT2D eigenvalue weighted by molar-refractivity contribution is -0.116. The van der Waals surface area contributed by atoms with Gasteiger partial charge in [0.15, 0.2) is 0 Å². The van der Waals surface area contributed by atoms with Gasteiger partial charge < -0.3 is 10.6 Å². The second kappa shape index (κ2) is 15.3. The van der Waals surface area contributed by atoms with Crippen LogP contribution in [-0.2, 0) is 35.4 Å². The van der Waals surface area contributed by atoms with E-state index in [1.165, 1.54) is 22.7 Å². The third-order valence-corrected chi connectivity index (χ3v) is 8.88. The van der Waals surface area contributed by atoms with Crippen molar-refractivity contribution in [2.24, 2.45) is 10.9 Å². The summed E-state index contributed by atoms with van der Waals surface area (Å²) in [5.41, 5.74) is 3.49. The van der Waals surface area contributed by atoms with E-state index in [0.29, 0.717) is 22.4 Å². The van der Waals surface area contributed by atoms with E-state index >= 15 is 0 Å². The molecule has 2 amide bonds. The summed E-state index contributed by atoms with van der Waals surface area (Å²) in [7, 11) is 0. The summed E-state index contributed by atoms with van der Waals surface area (Å²) in [6.45, 7) is 6.04. The van der Waals surface area contributed by atoms with E-state index in [2.05, 4.69) is 48.8 Å². The molecule has 2 N–H and O–H groups in total. The van der Waals surface area contributed by atoms with Gasteiger partial charge >= 0.3 is 0 Å². The molecule has 1 aliphatic rings. The van der Waals surface area contributed by atoms with Crippen molar-refractivity contribution in [1.29, 1.82) is 5.26 Å². The highest BCUT2D eigenvalue weighted by atomic mass is 32.2. The zero-order chi connectivity index (χ0) is 29.0. The SMILES string of the molecule is C=NCc1cccc(CC(=O)Nc2nnc(CCSCCc3nnc(NC(=O)CC4=CCC(C)C(C#N)=C4)s3)s2)c1. The first-order chi connectivity index (χ1) is 19.9. The van der Waals surface area contributed by atoms with Crippen LogP contribution in [0.25, 0.3) is 0 Å². The summed E-state index contributed by atoms with van der Waals surface area (Å²) in [6, 6.07) is 9.94. The molecule has 0 bridgehead atoms. The molecule has 1 aromatic carbocycles. The zero-order valence-corrected chi connectivity index (χ0v) is 25.1. The number of rotatable bonds is 14. The van der Waals surface area contributed by atoms with Crippen molar-refractivity contribution >= 4 is 63.2 Å². The predicted molar refractivity (Wildman–Crippen MR) is 165 cm³/mol. The van der Waals surface area contributed by atoms with Crippen molar-refractivity contribution in [2.45, 2.75) is 45.6 Å². The van der Waals surface area contributed by atoms with Gasteiger partial charge in [0.25, 0.3) is 0 Å². The smallest absolute Gasteiger partial charge is 0.230 e. The van der Waals surface area contributed by atoms with Crippen LogP contribution in [0.3, 0.4) is 0 Å². The van der Waals surface area contributed by atoms with Gasteiger partial charge in [-0.15, -0.1) is 20.4 Å². The fraction of sp³-hybridized carbons (Fsp3) is 0.357. The van der Waals surface area contributed by atoms with E-state index in [4.69, 9.17) is 0 Å². The maximum atomic E-state index is 12.4. The van der Waals surface area contributed by atoms with Crippen molar-refractivity contribution in [3.63, 3.8) is 0 Å². The average Bonchev–Trinajstić information content (AvgIpc) is 3.59. The molecule has 2 heterocycles. The highest BCUT2D eigenvalue weighted by Crippen LogP contribution is 2.25. The number of aliphatic imine (C=N–C) groups is 1. The second-order valence-electron chi connectivity index (χ2n) is 9.39. The Morgan fingerprint density at radius 2 is 1.68 bits per heavy atom. The summed E-state index contributed by atoms with van der Waals surface area (Å²) in [4.78, 5) is 28.7. The number of amides is 2. The van der Waals surface area contributed by atoms with Crippen LogP contribution in [0.1, 0.15) is 40.9 Å². The monoisotopic (exact) mass is 606 g/mol. The highest BCUT2D eigenvalue weighted by molar-refractivity contribution is 7.99. The number of carbonyl (C=O) groups excluding carboxylic acids is 2. The molecule has 10 nitrogen and oxygen atoms in total. The molecule has 4 rings (SSSR count). The molecule has 0 fully saturated rings. The van der Waals surface area contributed by atoms with Gasteiger partial charge in [-0.25, -0.2) is 0 Å². The number of anilines is 2. The molecule has 1 unspecified atom stereocenters. The van der Waals surface area contributed by atoms with Gasteiger partial charge in [-0.05, 0) is 53.3 Å². The first-order valence-corrected chi connectivity index (χ1v) is 15.8. The average molecular weight is 607 g/mol. The molecule has 0 aliphatic heterocycles. The molecule has 212 valence electrons. The summed E-state index contributed by atoms with van der Waals surface area (Å²) in [5.74, 6) is 1.61. The quantitative estimate of drug-likeness (QED) is 0.192. The number of carbonyl (C=O) groups is 2. The second-order valence-corrected chi connectivity index (χ2v) is 12.7. The van der Waals surface area contributed by atoms with Gasteiger partial charge in [-0.3, -0.25) is 14.6 Å². The highest BCUT2D eigenvalue weighted by Gasteiger charge is 2.16. The van der Waals surface area contributed by atoms with Crippen LogP contribution in [-0.4, -0.2) is 50.4 Å². The fourth-order valence-corrected chi connectivity index (χ4v) is 6.67. The molecule has 0 radical (unpaired) electrons. The first kappa shape index (κ1) is 30.2. The number of allylic oxidation sites excluding steroid dienone is 3. The maximum Gasteiger partial charge on any atom is 0.230 e. The Balaban J connectivity index is 1.12. The van der Waals surface area contributed by atoms with E-state index in [0.717, 1.165) is 57.5 Å². The Morgan fingerprint density at radius 1 is 1.05 bits per heavy atom. The minimum absolute atomic E-state index is 0.135. The Hall–Kier alpha value is -3.73. The number of benzene rings is 1. The largest absolute Gasteiger partial charge is 0.300 e. The van der Waals surface area contributed by atoms with Crippen molar-refractivity contribution < 1.29 is 9.59 Å². The van der Waals surface area contributed by atoms with Crippen LogP contribution in [0.15, 0.2) is 52.6 Å². The van der Waals surface area contributed by atoms with Gasteiger partial charge in [0.1, 0.15) is 10.0 Å². The molecule has 13 heteroatoms. The lowest BCUT2D eigenvalue weighted by Gasteiger charge is -2.14. The Kier molecular flexibility index (Phi) is 11.3. The van der Waals surface area contributed by atoms with Gasteiger partial charge in [0, 0.05) is 18.4 Å². The van der Waals surface area contributed by atoms with Crippen LogP contribution in [0.4, 0.5) is 10.3 Å². The molecule has 3 aromatic rings. The van der Waals surface area contributed by atoms with Crippen LogP contribution in [0.2, 0.25) is 0 Å². The molecule has 0 saturated heterocycles. The minimum atomic E-state index is -0.167. The fourth-order valence-electron chi connectivity index (χ4n) is 4.02. The molecule has 0 saturated carbocycles.